The third-order valence-electron chi connectivity index (χ3n) is 4.10. The molecule has 10 nitrogen and oxygen atoms in total. The lowest BCUT2D eigenvalue weighted by Crippen LogP contribution is -2.46. The summed E-state index contributed by atoms with van der Waals surface area (Å²) >= 11 is 0.326. The smallest absolute Gasteiger partial charge is 0.490 e. The average Bonchev–Trinajstić information content (AvgIpc) is 3.27. The Labute approximate surface area is 208 Å². The molecule has 0 radical (unpaired) electrons. The number of carboxylic acids is 1. The number of phenols is 1. The van der Waals surface area contributed by atoms with E-state index in [9.17, 15) is 45.8 Å². The van der Waals surface area contributed by atoms with Crippen LogP contribution < -0.4 is 16.4 Å². The van der Waals surface area contributed by atoms with Gasteiger partial charge in [0.2, 0.25) is 0 Å². The number of rotatable bonds is 7. The fourth-order valence-electron chi connectivity index (χ4n) is 2.40. The van der Waals surface area contributed by atoms with Gasteiger partial charge < -0.3 is 31.3 Å². The zero-order chi connectivity index (χ0) is 28.6. The highest BCUT2D eigenvalue weighted by Gasteiger charge is 2.39. The lowest BCUT2D eigenvalue weighted by atomic mass is 10.2. The zero-order valence-electron chi connectivity index (χ0n) is 18.6. The number of alkyl halides is 6. The molecule has 2 rings (SSSR count). The van der Waals surface area contributed by atoms with Gasteiger partial charge in [-0.15, -0.1) is 11.3 Å². The van der Waals surface area contributed by atoms with Crippen LogP contribution in [0.3, 0.4) is 0 Å². The first-order chi connectivity index (χ1) is 17.0. The number of nitrogens with one attached hydrogen (secondary N) is 2. The van der Waals surface area contributed by atoms with Crippen LogP contribution in [0, 0.1) is 0 Å². The quantitative estimate of drug-likeness (QED) is 0.254. The molecule has 0 spiro atoms. The van der Waals surface area contributed by atoms with Crippen molar-refractivity contribution in [2.45, 2.75) is 24.9 Å². The molecule has 0 fully saturated rings. The largest absolute Gasteiger partial charge is 0.508 e. The van der Waals surface area contributed by atoms with E-state index in [1.165, 1.54) is 12.1 Å². The fraction of sp³-hybridized carbons (Fsp3) is 0.300. The Hall–Kier alpha value is -3.86. The minimum absolute atomic E-state index is 0.0312. The maximum absolute atomic E-state index is 13.4. The average molecular weight is 559 g/mol. The van der Waals surface area contributed by atoms with Crippen molar-refractivity contribution < 1.29 is 60.5 Å². The molecule has 1 heterocycles. The standard InChI is InChI=1S/C18H18F3N3O5S.C2HF3O2/c1-29-17(28)12(7-22)24-16(27)14-11(18(19,20)21)6-13(30-14)15(26)23-8-9-3-2-4-10(25)5-9;3-2(4,5)1(6)7/h2-6,12,25H,7-8,22H2,1H3,(H,23,26)(H,24,27);(H,6,7). The van der Waals surface area contributed by atoms with E-state index in [-0.39, 0.29) is 23.7 Å². The number of carbonyl (C=O) groups excluding carboxylic acids is 3. The molecule has 0 aliphatic carbocycles. The Morgan fingerprint density at radius 3 is 2.14 bits per heavy atom. The second kappa shape index (κ2) is 12.9. The highest BCUT2D eigenvalue weighted by atomic mass is 32.1. The number of aromatic hydroxyl groups is 1. The highest BCUT2D eigenvalue weighted by molar-refractivity contribution is 7.16. The number of hydrogen-bond donors (Lipinski definition) is 5. The number of ether oxygens (including phenoxy) is 1. The van der Waals surface area contributed by atoms with Gasteiger partial charge in [-0.2, -0.15) is 26.3 Å². The number of halogens is 6. The number of carbonyl (C=O) groups is 4. The second-order valence-corrected chi connectivity index (χ2v) is 7.84. The summed E-state index contributed by atoms with van der Waals surface area (Å²) in [6.07, 6.45) is -9.99. The summed E-state index contributed by atoms with van der Waals surface area (Å²) in [4.78, 5) is 43.9. The number of phenolic OH excluding ortho intramolecular Hbond substituents is 1. The van der Waals surface area contributed by atoms with E-state index in [0.29, 0.717) is 23.0 Å². The lowest BCUT2D eigenvalue weighted by Gasteiger charge is -2.14. The molecule has 0 saturated heterocycles. The third-order valence-corrected chi connectivity index (χ3v) is 5.23. The summed E-state index contributed by atoms with van der Waals surface area (Å²) in [5, 5.41) is 21.0. The van der Waals surface area contributed by atoms with Crippen molar-refractivity contribution in [3.63, 3.8) is 0 Å². The van der Waals surface area contributed by atoms with Gasteiger partial charge >= 0.3 is 24.3 Å². The number of benzene rings is 1. The van der Waals surface area contributed by atoms with Gasteiger partial charge in [0, 0.05) is 13.1 Å². The summed E-state index contributed by atoms with van der Waals surface area (Å²) in [5.41, 5.74) is 4.56. The van der Waals surface area contributed by atoms with Crippen molar-refractivity contribution in [1.29, 1.82) is 0 Å². The van der Waals surface area contributed by atoms with Crippen molar-refractivity contribution >= 4 is 35.1 Å². The monoisotopic (exact) mass is 559 g/mol. The fourth-order valence-corrected chi connectivity index (χ4v) is 3.40. The van der Waals surface area contributed by atoms with E-state index in [4.69, 9.17) is 15.6 Å². The first kappa shape index (κ1) is 31.2. The van der Waals surface area contributed by atoms with Crippen molar-refractivity contribution in [1.82, 2.24) is 10.6 Å². The van der Waals surface area contributed by atoms with Gasteiger partial charge in [-0.1, -0.05) is 12.1 Å². The Bertz CT molecular complexity index is 1130. The number of amides is 2. The van der Waals surface area contributed by atoms with Crippen LogP contribution in [-0.2, 0) is 27.0 Å². The van der Waals surface area contributed by atoms with Gasteiger partial charge in [-0.05, 0) is 23.8 Å². The van der Waals surface area contributed by atoms with E-state index < -0.39 is 52.6 Å². The molecule has 2 amide bonds. The van der Waals surface area contributed by atoms with Crippen LogP contribution in [-0.4, -0.2) is 59.8 Å². The van der Waals surface area contributed by atoms with Crippen LogP contribution in [0.4, 0.5) is 26.3 Å². The first-order valence-corrected chi connectivity index (χ1v) is 10.5. The maximum atomic E-state index is 13.4. The normalized spacial score (nSPS) is 12.0. The van der Waals surface area contributed by atoms with Crippen LogP contribution >= 0.6 is 11.3 Å². The van der Waals surface area contributed by atoms with Crippen molar-refractivity contribution in [3.8, 4) is 5.75 Å². The van der Waals surface area contributed by atoms with Crippen LogP contribution in [0.5, 0.6) is 5.75 Å². The SMILES string of the molecule is COC(=O)C(CN)NC(=O)c1sc(C(=O)NCc2cccc(O)c2)cc1C(F)(F)F.O=C(O)C(F)(F)F. The van der Waals surface area contributed by atoms with Gasteiger partial charge in [0.1, 0.15) is 16.7 Å². The molecule has 1 aromatic heterocycles. The van der Waals surface area contributed by atoms with E-state index in [1.54, 1.807) is 12.1 Å². The van der Waals surface area contributed by atoms with Crippen molar-refractivity contribution in [2.75, 3.05) is 13.7 Å². The molecule has 0 bridgehead atoms. The number of thiophene rings is 1. The summed E-state index contributed by atoms with van der Waals surface area (Å²) < 4.78 is 76.3. The molecule has 0 saturated carbocycles. The maximum Gasteiger partial charge on any atom is 0.490 e. The molecular weight excluding hydrogens is 540 g/mol. The van der Waals surface area contributed by atoms with E-state index >= 15 is 0 Å². The second-order valence-electron chi connectivity index (χ2n) is 6.79. The van der Waals surface area contributed by atoms with Gasteiger partial charge in [0.25, 0.3) is 11.8 Å². The number of hydrogen-bond acceptors (Lipinski definition) is 8. The zero-order valence-corrected chi connectivity index (χ0v) is 19.4. The van der Waals surface area contributed by atoms with Gasteiger partial charge in [0.15, 0.2) is 0 Å². The highest BCUT2D eigenvalue weighted by Crippen LogP contribution is 2.37. The van der Waals surface area contributed by atoms with E-state index in [1.807, 2.05) is 0 Å². The number of aliphatic carboxylic acids is 1. The van der Waals surface area contributed by atoms with Crippen LogP contribution in [0.2, 0.25) is 0 Å². The third kappa shape index (κ3) is 9.60. The van der Waals surface area contributed by atoms with Gasteiger partial charge in [0.05, 0.1) is 17.6 Å². The molecule has 204 valence electrons. The van der Waals surface area contributed by atoms with Crippen molar-refractivity contribution in [3.05, 3.63) is 51.2 Å². The van der Waals surface area contributed by atoms with Crippen LogP contribution in [0.1, 0.15) is 30.5 Å². The molecule has 1 aromatic carbocycles. The molecular formula is C20H19F6N3O7S. The predicted octanol–water partition coefficient (Wildman–Crippen LogP) is 2.27. The molecule has 0 aliphatic rings. The number of nitrogens with two attached hydrogens (primary N) is 1. The Morgan fingerprint density at radius 1 is 1.08 bits per heavy atom. The molecule has 1 atom stereocenters. The van der Waals surface area contributed by atoms with Gasteiger partial charge in [-0.3, -0.25) is 9.59 Å². The minimum Gasteiger partial charge on any atom is -0.508 e. The van der Waals surface area contributed by atoms with Crippen LogP contribution in [0.15, 0.2) is 30.3 Å². The summed E-state index contributed by atoms with van der Waals surface area (Å²) in [6.45, 7) is -0.437. The summed E-state index contributed by atoms with van der Waals surface area (Å²) in [6, 6.07) is 5.18. The predicted molar refractivity (Wildman–Crippen MR) is 115 cm³/mol. The number of esters is 1. The van der Waals surface area contributed by atoms with Crippen LogP contribution in [0.25, 0.3) is 0 Å². The van der Waals surface area contributed by atoms with Gasteiger partial charge in [-0.25, -0.2) is 9.59 Å². The molecule has 37 heavy (non-hydrogen) atoms. The Kier molecular flexibility index (Phi) is 10.9. The lowest BCUT2D eigenvalue weighted by molar-refractivity contribution is -0.192. The minimum atomic E-state index is -5.08. The number of methoxy groups -OCH3 is 1. The topological polar surface area (TPSA) is 168 Å². The molecule has 17 heteroatoms. The number of carboxylic acid groups (broad SMARTS) is 1. The molecule has 2 aromatic rings. The Morgan fingerprint density at radius 2 is 1.68 bits per heavy atom. The van der Waals surface area contributed by atoms with E-state index in [0.717, 1.165) is 7.11 Å². The van der Waals surface area contributed by atoms with Crippen molar-refractivity contribution in [2.24, 2.45) is 5.73 Å². The first-order valence-electron chi connectivity index (χ1n) is 9.67. The summed E-state index contributed by atoms with van der Waals surface area (Å²) in [7, 11) is 1.04. The molecule has 6 N–H and O–H groups in total. The van der Waals surface area contributed by atoms with E-state index in [2.05, 4.69) is 15.4 Å². The summed E-state index contributed by atoms with van der Waals surface area (Å²) in [5.74, 6) is -5.75. The Balaban J connectivity index is 0.000000856. The molecule has 0 aliphatic heterocycles. The molecule has 1 unspecified atom stereocenters.